The molecule has 1 atom stereocenters. The zero-order valence-electron chi connectivity index (χ0n) is 10.5. The van der Waals surface area contributed by atoms with Crippen LogP contribution < -0.4 is 5.32 Å². The van der Waals surface area contributed by atoms with Crippen LogP contribution in [0.4, 0.5) is 11.4 Å². The van der Waals surface area contributed by atoms with Gasteiger partial charge in [-0.25, -0.2) is 0 Å². The molecule has 1 saturated heterocycles. The molecule has 5 nitrogen and oxygen atoms in total. The molecule has 1 N–H and O–H groups in total. The average Bonchev–Trinajstić information content (AvgIpc) is 2.75. The molecule has 0 aliphatic carbocycles. The van der Waals surface area contributed by atoms with Crippen molar-refractivity contribution in [3.05, 3.63) is 32.3 Å². The molecular formula is C12H15Cl2N3O2. The highest BCUT2D eigenvalue weighted by Crippen LogP contribution is 2.34. The van der Waals surface area contributed by atoms with Gasteiger partial charge in [-0.1, -0.05) is 23.2 Å². The summed E-state index contributed by atoms with van der Waals surface area (Å²) < 4.78 is 0. The number of nitrogens with zero attached hydrogens (tertiary/aromatic N) is 2. The summed E-state index contributed by atoms with van der Waals surface area (Å²) in [6, 6.07) is 3.19. The lowest BCUT2D eigenvalue weighted by atomic mass is 10.2. The Balaban J connectivity index is 2.14. The van der Waals surface area contributed by atoms with E-state index in [-0.39, 0.29) is 10.7 Å². The summed E-state index contributed by atoms with van der Waals surface area (Å²) in [6.45, 7) is 1.73. The minimum atomic E-state index is -0.455. The summed E-state index contributed by atoms with van der Waals surface area (Å²) >= 11 is 11.7. The van der Waals surface area contributed by atoms with Gasteiger partial charge in [0.05, 0.1) is 15.0 Å². The topological polar surface area (TPSA) is 58.4 Å². The standard InChI is InChI=1S/C12H15Cl2N3O2/c1-16-4-2-3-8(16)7-15-11-5-9(13)10(14)6-12(11)17(18)19/h5-6,8,15H,2-4,7H2,1H3. The van der Waals surface area contributed by atoms with Crippen LogP contribution in [0.1, 0.15) is 12.8 Å². The Morgan fingerprint density at radius 2 is 2.16 bits per heavy atom. The molecule has 1 aliphatic rings. The van der Waals surface area contributed by atoms with Gasteiger partial charge in [-0.3, -0.25) is 10.1 Å². The lowest BCUT2D eigenvalue weighted by Gasteiger charge is -2.20. The van der Waals surface area contributed by atoms with Crippen LogP contribution in [0.25, 0.3) is 0 Å². The summed E-state index contributed by atoms with van der Waals surface area (Å²) in [4.78, 5) is 12.8. The molecule has 0 spiro atoms. The van der Waals surface area contributed by atoms with Crippen molar-refractivity contribution in [2.45, 2.75) is 18.9 Å². The molecule has 1 aromatic rings. The highest BCUT2D eigenvalue weighted by Gasteiger charge is 2.22. The number of anilines is 1. The van der Waals surface area contributed by atoms with E-state index < -0.39 is 4.92 Å². The van der Waals surface area contributed by atoms with Crippen LogP contribution in [0.3, 0.4) is 0 Å². The Kier molecular flexibility index (Phi) is 4.50. The molecule has 1 aliphatic heterocycles. The summed E-state index contributed by atoms with van der Waals surface area (Å²) in [7, 11) is 2.06. The molecule has 0 aromatic heterocycles. The fourth-order valence-electron chi connectivity index (χ4n) is 2.29. The molecule has 1 heterocycles. The van der Waals surface area contributed by atoms with E-state index in [2.05, 4.69) is 17.3 Å². The van der Waals surface area contributed by atoms with Gasteiger partial charge in [0, 0.05) is 18.7 Å². The second-order valence-corrected chi connectivity index (χ2v) is 5.51. The van der Waals surface area contributed by atoms with Crippen LogP contribution in [-0.4, -0.2) is 36.0 Å². The molecule has 0 bridgehead atoms. The number of nitro benzene ring substituents is 1. The summed E-state index contributed by atoms with van der Waals surface area (Å²) in [5.74, 6) is 0. The average molecular weight is 304 g/mol. The van der Waals surface area contributed by atoms with Crippen molar-refractivity contribution in [3.8, 4) is 0 Å². The number of halogens is 2. The van der Waals surface area contributed by atoms with Crippen LogP contribution in [0, 0.1) is 10.1 Å². The molecule has 0 amide bonds. The third-order valence-corrected chi connectivity index (χ3v) is 4.16. The third kappa shape index (κ3) is 3.29. The van der Waals surface area contributed by atoms with Crippen LogP contribution >= 0.6 is 23.2 Å². The highest BCUT2D eigenvalue weighted by atomic mass is 35.5. The molecule has 0 radical (unpaired) electrons. The number of rotatable bonds is 4. The molecule has 1 fully saturated rings. The lowest BCUT2D eigenvalue weighted by Crippen LogP contribution is -2.31. The van der Waals surface area contributed by atoms with E-state index in [1.807, 2.05) is 0 Å². The fraction of sp³-hybridized carbons (Fsp3) is 0.500. The number of nitrogens with one attached hydrogen (secondary N) is 1. The molecule has 1 unspecified atom stereocenters. The van der Waals surface area contributed by atoms with Gasteiger partial charge in [-0.2, -0.15) is 0 Å². The van der Waals surface area contributed by atoms with Crippen molar-refractivity contribution in [3.63, 3.8) is 0 Å². The summed E-state index contributed by atoms with van der Waals surface area (Å²) in [5.41, 5.74) is 0.370. The second-order valence-electron chi connectivity index (χ2n) is 4.70. The molecule has 19 heavy (non-hydrogen) atoms. The first-order chi connectivity index (χ1) is 8.99. The van der Waals surface area contributed by atoms with Crippen LogP contribution in [0.5, 0.6) is 0 Å². The maximum atomic E-state index is 11.0. The first-order valence-electron chi connectivity index (χ1n) is 6.06. The van der Waals surface area contributed by atoms with Gasteiger partial charge < -0.3 is 10.2 Å². The van der Waals surface area contributed by atoms with Gasteiger partial charge in [-0.15, -0.1) is 0 Å². The zero-order chi connectivity index (χ0) is 14.0. The minimum absolute atomic E-state index is 0.0462. The number of hydrogen-bond donors (Lipinski definition) is 1. The first kappa shape index (κ1) is 14.4. The SMILES string of the molecule is CN1CCCC1CNc1cc(Cl)c(Cl)cc1[N+](=O)[O-]. The van der Waals surface area contributed by atoms with E-state index in [9.17, 15) is 10.1 Å². The van der Waals surface area contributed by atoms with Gasteiger partial charge in [0.15, 0.2) is 0 Å². The van der Waals surface area contributed by atoms with Crippen molar-refractivity contribution in [2.75, 3.05) is 25.5 Å². The minimum Gasteiger partial charge on any atom is -0.378 e. The van der Waals surface area contributed by atoms with Crippen LogP contribution in [-0.2, 0) is 0 Å². The van der Waals surface area contributed by atoms with Crippen molar-refractivity contribution in [2.24, 2.45) is 0 Å². The zero-order valence-corrected chi connectivity index (χ0v) is 12.0. The smallest absolute Gasteiger partial charge is 0.293 e. The largest absolute Gasteiger partial charge is 0.378 e. The van der Waals surface area contributed by atoms with Crippen molar-refractivity contribution >= 4 is 34.6 Å². The predicted octanol–water partition coefficient (Wildman–Crippen LogP) is 3.41. The molecular weight excluding hydrogens is 289 g/mol. The van der Waals surface area contributed by atoms with E-state index in [0.717, 1.165) is 19.4 Å². The van der Waals surface area contributed by atoms with Crippen molar-refractivity contribution in [1.82, 2.24) is 4.90 Å². The third-order valence-electron chi connectivity index (χ3n) is 3.43. The maximum Gasteiger partial charge on any atom is 0.293 e. The molecule has 1 aromatic carbocycles. The maximum absolute atomic E-state index is 11.0. The summed E-state index contributed by atoms with van der Waals surface area (Å²) in [6.07, 6.45) is 2.25. The van der Waals surface area contributed by atoms with Crippen LogP contribution in [0.15, 0.2) is 12.1 Å². The van der Waals surface area contributed by atoms with Crippen molar-refractivity contribution < 1.29 is 4.92 Å². The van der Waals surface area contributed by atoms with E-state index in [4.69, 9.17) is 23.2 Å². The quantitative estimate of drug-likeness (QED) is 0.684. The number of likely N-dealkylation sites (N-methyl/N-ethyl adjacent to an activating group) is 1. The monoisotopic (exact) mass is 303 g/mol. The number of hydrogen-bond acceptors (Lipinski definition) is 4. The molecule has 7 heteroatoms. The molecule has 104 valence electrons. The lowest BCUT2D eigenvalue weighted by molar-refractivity contribution is -0.383. The summed E-state index contributed by atoms with van der Waals surface area (Å²) in [5, 5.41) is 14.6. The number of benzene rings is 1. The molecule has 2 rings (SSSR count). The van der Waals surface area contributed by atoms with Crippen molar-refractivity contribution in [1.29, 1.82) is 0 Å². The van der Waals surface area contributed by atoms with Crippen LogP contribution in [0.2, 0.25) is 10.0 Å². The van der Waals surface area contributed by atoms with Gasteiger partial charge in [0.2, 0.25) is 0 Å². The van der Waals surface area contributed by atoms with Gasteiger partial charge in [0.25, 0.3) is 5.69 Å². The van der Waals surface area contributed by atoms with Gasteiger partial charge in [-0.05, 0) is 32.5 Å². The van der Waals surface area contributed by atoms with E-state index >= 15 is 0 Å². The second kappa shape index (κ2) is 5.94. The number of likely N-dealkylation sites (tertiary alicyclic amines) is 1. The number of nitro groups is 1. The first-order valence-corrected chi connectivity index (χ1v) is 6.82. The Labute approximate surface area is 121 Å². The predicted molar refractivity (Wildman–Crippen MR) is 77.3 cm³/mol. The van der Waals surface area contributed by atoms with E-state index in [1.165, 1.54) is 12.1 Å². The Bertz CT molecular complexity index is 496. The van der Waals surface area contributed by atoms with Gasteiger partial charge in [0.1, 0.15) is 5.69 Å². The Hall–Kier alpha value is -1.04. The van der Waals surface area contributed by atoms with Gasteiger partial charge >= 0.3 is 0 Å². The normalized spacial score (nSPS) is 19.6. The van der Waals surface area contributed by atoms with E-state index in [1.54, 1.807) is 0 Å². The Morgan fingerprint density at radius 1 is 1.47 bits per heavy atom. The highest BCUT2D eigenvalue weighted by molar-refractivity contribution is 6.42. The molecule has 0 saturated carbocycles. The Morgan fingerprint density at radius 3 is 2.74 bits per heavy atom. The fourth-order valence-corrected chi connectivity index (χ4v) is 2.62. The van der Waals surface area contributed by atoms with E-state index in [0.29, 0.717) is 23.3 Å².